The first-order chi connectivity index (χ1) is 11.5. The van der Waals surface area contributed by atoms with E-state index < -0.39 is 0 Å². The number of fused-ring (bicyclic) bond motifs is 1. The Hall–Kier alpha value is -2.53. The largest absolute Gasteiger partial charge is 0.495 e. The highest BCUT2D eigenvalue weighted by Crippen LogP contribution is 2.28. The number of halogens is 1. The van der Waals surface area contributed by atoms with Gasteiger partial charge in [-0.25, -0.2) is 4.98 Å². The molecule has 3 aromatic rings. The van der Waals surface area contributed by atoms with E-state index >= 15 is 0 Å². The Morgan fingerprint density at radius 3 is 2.75 bits per heavy atom. The molecule has 1 N–H and O–H groups in total. The molecule has 0 aliphatic heterocycles. The maximum Gasteiger partial charge on any atom is 0.255 e. The number of hydrogen-bond donors (Lipinski definition) is 1. The van der Waals surface area contributed by atoms with Crippen molar-refractivity contribution in [2.24, 2.45) is 0 Å². The minimum absolute atomic E-state index is 0.186. The van der Waals surface area contributed by atoms with Crippen LogP contribution in [0.25, 0.3) is 11.1 Å². The molecule has 0 saturated carbocycles. The van der Waals surface area contributed by atoms with Crippen molar-refractivity contribution in [2.75, 3.05) is 12.4 Å². The molecule has 6 heteroatoms. The third-order valence-electron chi connectivity index (χ3n) is 3.57. The number of methoxy groups -OCH3 is 1. The molecule has 0 bridgehead atoms. The van der Waals surface area contributed by atoms with Gasteiger partial charge in [-0.3, -0.25) is 4.79 Å². The number of ether oxygens (including phenoxy) is 1. The van der Waals surface area contributed by atoms with Crippen molar-refractivity contribution < 1.29 is 13.9 Å². The van der Waals surface area contributed by atoms with Crippen molar-refractivity contribution >= 4 is 34.3 Å². The van der Waals surface area contributed by atoms with E-state index in [-0.39, 0.29) is 11.8 Å². The van der Waals surface area contributed by atoms with Crippen LogP contribution in [0.3, 0.4) is 0 Å². The summed E-state index contributed by atoms with van der Waals surface area (Å²) < 4.78 is 10.9. The van der Waals surface area contributed by atoms with Crippen molar-refractivity contribution in [1.82, 2.24) is 4.98 Å². The average Bonchev–Trinajstić information content (AvgIpc) is 2.98. The molecule has 0 saturated heterocycles. The number of rotatable bonds is 4. The fourth-order valence-electron chi connectivity index (χ4n) is 2.30. The van der Waals surface area contributed by atoms with Gasteiger partial charge in [0.25, 0.3) is 5.91 Å². The zero-order chi connectivity index (χ0) is 17.3. The van der Waals surface area contributed by atoms with Crippen LogP contribution in [0.4, 0.5) is 5.69 Å². The van der Waals surface area contributed by atoms with E-state index in [1.54, 1.807) is 36.4 Å². The number of amides is 1. The maximum atomic E-state index is 12.5. The smallest absolute Gasteiger partial charge is 0.255 e. The van der Waals surface area contributed by atoms with Gasteiger partial charge in [0, 0.05) is 16.5 Å². The quantitative estimate of drug-likeness (QED) is 0.733. The van der Waals surface area contributed by atoms with E-state index in [2.05, 4.69) is 10.3 Å². The molecular formula is C18H17ClN2O3. The molecule has 1 heterocycles. The predicted octanol–water partition coefficient (Wildman–Crippen LogP) is 4.87. The Bertz CT molecular complexity index is 902. The molecule has 1 aromatic heterocycles. The van der Waals surface area contributed by atoms with E-state index in [0.717, 1.165) is 5.52 Å². The molecule has 0 atom stereocenters. The van der Waals surface area contributed by atoms with Crippen LogP contribution < -0.4 is 10.1 Å². The minimum atomic E-state index is -0.278. The van der Waals surface area contributed by atoms with Gasteiger partial charge in [0.15, 0.2) is 11.5 Å². The summed E-state index contributed by atoms with van der Waals surface area (Å²) in [4.78, 5) is 16.9. The number of oxazole rings is 1. The third-order valence-corrected chi connectivity index (χ3v) is 3.81. The number of benzene rings is 2. The summed E-state index contributed by atoms with van der Waals surface area (Å²) in [6, 6.07) is 10.2. The number of anilines is 1. The van der Waals surface area contributed by atoms with Crippen molar-refractivity contribution in [3.05, 3.63) is 52.9 Å². The van der Waals surface area contributed by atoms with Gasteiger partial charge in [-0.15, -0.1) is 0 Å². The molecule has 5 nitrogen and oxygen atoms in total. The maximum absolute atomic E-state index is 12.5. The Kier molecular flexibility index (Phi) is 4.44. The predicted molar refractivity (Wildman–Crippen MR) is 94.1 cm³/mol. The highest BCUT2D eigenvalue weighted by Gasteiger charge is 2.14. The van der Waals surface area contributed by atoms with Crippen LogP contribution in [-0.2, 0) is 0 Å². The highest BCUT2D eigenvalue weighted by molar-refractivity contribution is 6.31. The van der Waals surface area contributed by atoms with Crippen LogP contribution in [0, 0.1) is 0 Å². The first-order valence-corrected chi connectivity index (χ1v) is 7.91. The Labute approximate surface area is 144 Å². The number of carbonyl (C=O) groups excluding carboxylic acids is 1. The second kappa shape index (κ2) is 6.53. The lowest BCUT2D eigenvalue weighted by Gasteiger charge is -2.10. The van der Waals surface area contributed by atoms with Gasteiger partial charge in [-0.2, -0.15) is 0 Å². The highest BCUT2D eigenvalue weighted by atomic mass is 35.5. The topological polar surface area (TPSA) is 64.4 Å². The van der Waals surface area contributed by atoms with Gasteiger partial charge < -0.3 is 14.5 Å². The fraction of sp³-hybridized carbons (Fsp3) is 0.222. The van der Waals surface area contributed by atoms with Crippen molar-refractivity contribution in [3.63, 3.8) is 0 Å². The van der Waals surface area contributed by atoms with Crippen LogP contribution in [0.15, 0.2) is 40.8 Å². The van der Waals surface area contributed by atoms with Gasteiger partial charge >= 0.3 is 0 Å². The first-order valence-electron chi connectivity index (χ1n) is 7.53. The zero-order valence-corrected chi connectivity index (χ0v) is 14.3. The van der Waals surface area contributed by atoms with E-state index in [1.165, 1.54) is 7.11 Å². The van der Waals surface area contributed by atoms with E-state index in [4.69, 9.17) is 20.8 Å². The van der Waals surface area contributed by atoms with Crippen LogP contribution >= 0.6 is 11.6 Å². The summed E-state index contributed by atoms with van der Waals surface area (Å²) in [6.45, 7) is 4.01. The van der Waals surface area contributed by atoms with Crippen LogP contribution in [0.5, 0.6) is 5.75 Å². The molecule has 2 aromatic carbocycles. The molecule has 0 aliphatic rings. The Morgan fingerprint density at radius 2 is 2.04 bits per heavy atom. The van der Waals surface area contributed by atoms with Gasteiger partial charge in [0.1, 0.15) is 11.3 Å². The molecule has 0 radical (unpaired) electrons. The molecular weight excluding hydrogens is 328 g/mol. The lowest BCUT2D eigenvalue weighted by Crippen LogP contribution is -2.12. The molecule has 0 unspecified atom stereocenters. The van der Waals surface area contributed by atoms with Gasteiger partial charge in [-0.1, -0.05) is 25.4 Å². The molecule has 3 rings (SSSR count). The van der Waals surface area contributed by atoms with Gasteiger partial charge in [-0.05, 0) is 36.4 Å². The molecule has 0 spiro atoms. The molecule has 124 valence electrons. The standard InChI is InChI=1S/C18H17ClN2O3/c1-10(2)18-21-13-6-4-11(8-16(13)24-18)17(22)20-14-9-12(19)5-7-15(14)23-3/h4-10H,1-3H3,(H,20,22). The van der Waals surface area contributed by atoms with E-state index in [9.17, 15) is 4.79 Å². The summed E-state index contributed by atoms with van der Waals surface area (Å²) in [5, 5.41) is 3.31. The number of aromatic nitrogens is 1. The van der Waals surface area contributed by atoms with Crippen molar-refractivity contribution in [3.8, 4) is 5.75 Å². The Balaban J connectivity index is 1.90. The second-order valence-corrected chi connectivity index (χ2v) is 6.12. The summed E-state index contributed by atoms with van der Waals surface area (Å²) in [7, 11) is 1.53. The van der Waals surface area contributed by atoms with E-state index in [0.29, 0.717) is 33.5 Å². The zero-order valence-electron chi connectivity index (χ0n) is 13.6. The molecule has 0 aliphatic carbocycles. The number of hydrogen-bond acceptors (Lipinski definition) is 4. The summed E-state index contributed by atoms with van der Waals surface area (Å²) >= 11 is 5.98. The molecule has 1 amide bonds. The van der Waals surface area contributed by atoms with Gasteiger partial charge in [0.05, 0.1) is 12.8 Å². The lowest BCUT2D eigenvalue weighted by atomic mass is 10.2. The third kappa shape index (κ3) is 3.21. The Morgan fingerprint density at radius 1 is 1.25 bits per heavy atom. The first kappa shape index (κ1) is 16.3. The fourth-order valence-corrected chi connectivity index (χ4v) is 2.48. The summed E-state index contributed by atoms with van der Waals surface area (Å²) in [5.74, 6) is 1.10. The normalized spacial score (nSPS) is 11.0. The molecule has 24 heavy (non-hydrogen) atoms. The van der Waals surface area contributed by atoms with E-state index in [1.807, 2.05) is 13.8 Å². The summed E-state index contributed by atoms with van der Waals surface area (Å²) in [6.07, 6.45) is 0. The van der Waals surface area contributed by atoms with Crippen LogP contribution in [0.2, 0.25) is 5.02 Å². The molecule has 0 fully saturated rings. The van der Waals surface area contributed by atoms with Crippen LogP contribution in [0.1, 0.15) is 36.0 Å². The number of nitrogens with one attached hydrogen (secondary N) is 1. The van der Waals surface area contributed by atoms with Crippen molar-refractivity contribution in [1.29, 1.82) is 0 Å². The van der Waals surface area contributed by atoms with Crippen LogP contribution in [-0.4, -0.2) is 18.0 Å². The van der Waals surface area contributed by atoms with Crippen molar-refractivity contribution in [2.45, 2.75) is 19.8 Å². The average molecular weight is 345 g/mol. The number of nitrogens with zero attached hydrogens (tertiary/aromatic N) is 1. The minimum Gasteiger partial charge on any atom is -0.495 e. The lowest BCUT2D eigenvalue weighted by molar-refractivity contribution is 0.102. The second-order valence-electron chi connectivity index (χ2n) is 5.69. The number of carbonyl (C=O) groups is 1. The monoisotopic (exact) mass is 344 g/mol. The summed E-state index contributed by atoms with van der Waals surface area (Å²) in [5.41, 5.74) is 2.30. The van der Waals surface area contributed by atoms with Gasteiger partial charge in [0.2, 0.25) is 0 Å². The SMILES string of the molecule is COc1ccc(Cl)cc1NC(=O)c1ccc2nc(C(C)C)oc2c1.